The molecule has 27 heavy (non-hydrogen) atoms. The fourth-order valence-electron chi connectivity index (χ4n) is 3.38. The Balaban J connectivity index is 1.51. The van der Waals surface area contributed by atoms with Gasteiger partial charge in [-0.25, -0.2) is 4.98 Å². The van der Waals surface area contributed by atoms with Gasteiger partial charge in [-0.15, -0.1) is 21.5 Å². The molecule has 0 fully saturated rings. The van der Waals surface area contributed by atoms with Crippen molar-refractivity contribution in [3.63, 3.8) is 0 Å². The van der Waals surface area contributed by atoms with Crippen molar-refractivity contribution in [3.05, 3.63) is 40.5 Å². The summed E-state index contributed by atoms with van der Waals surface area (Å²) in [5.41, 5.74) is 3.10. The van der Waals surface area contributed by atoms with Crippen LogP contribution in [0.2, 0.25) is 0 Å². The van der Waals surface area contributed by atoms with Crippen molar-refractivity contribution in [3.8, 4) is 10.8 Å². The number of anilines is 1. The molecule has 0 saturated heterocycles. The number of fused-ring (bicyclic) bond motifs is 1. The first-order valence-electron chi connectivity index (χ1n) is 8.79. The van der Waals surface area contributed by atoms with Crippen LogP contribution in [0.5, 0.6) is 0 Å². The molecule has 1 aliphatic heterocycles. The van der Waals surface area contributed by atoms with E-state index in [9.17, 15) is 4.79 Å². The zero-order valence-electron chi connectivity index (χ0n) is 15.6. The van der Waals surface area contributed by atoms with Crippen LogP contribution in [0.1, 0.15) is 30.1 Å². The topological polar surface area (TPSA) is 72.1 Å². The number of carbonyl (C=O) groups excluding carboxylic acids is 1. The quantitative estimate of drug-likeness (QED) is 0.609. The molecule has 0 N–H and O–H groups in total. The molecule has 0 bridgehead atoms. The monoisotopic (exact) mass is 400 g/mol. The van der Waals surface area contributed by atoms with Gasteiger partial charge >= 0.3 is 0 Å². The van der Waals surface area contributed by atoms with E-state index in [4.69, 9.17) is 4.42 Å². The second-order valence-corrected chi connectivity index (χ2v) is 9.17. The number of thiazole rings is 1. The van der Waals surface area contributed by atoms with Crippen molar-refractivity contribution in [2.75, 3.05) is 4.90 Å². The van der Waals surface area contributed by atoms with Crippen LogP contribution >= 0.6 is 23.1 Å². The number of aromatic nitrogens is 3. The number of hydrogen-bond donors (Lipinski definition) is 0. The van der Waals surface area contributed by atoms with E-state index in [2.05, 4.69) is 28.2 Å². The van der Waals surface area contributed by atoms with Crippen LogP contribution in [0.15, 0.2) is 33.9 Å². The Morgan fingerprint density at radius 1 is 1.33 bits per heavy atom. The zero-order chi connectivity index (χ0) is 19.1. The lowest BCUT2D eigenvalue weighted by Gasteiger charge is -2.25. The molecule has 6 nitrogen and oxygen atoms in total. The van der Waals surface area contributed by atoms with Gasteiger partial charge in [-0.05, 0) is 45.7 Å². The van der Waals surface area contributed by atoms with Crippen LogP contribution < -0.4 is 4.90 Å². The minimum atomic E-state index is -0.323. The fourth-order valence-corrected chi connectivity index (χ4v) is 4.95. The van der Waals surface area contributed by atoms with Crippen LogP contribution in [-0.4, -0.2) is 32.4 Å². The van der Waals surface area contributed by atoms with Gasteiger partial charge in [-0.3, -0.25) is 4.79 Å². The molecular formula is C19H20N4O2S2. The Morgan fingerprint density at radius 2 is 2.11 bits per heavy atom. The Hall–Kier alpha value is -2.19. The third kappa shape index (κ3) is 3.39. The molecule has 3 heterocycles. The minimum Gasteiger partial charge on any atom is -0.410 e. The smallest absolute Gasteiger partial charge is 0.277 e. The molecule has 3 aromatic rings. The third-order valence-corrected chi connectivity index (χ3v) is 6.56. The number of para-hydroxylation sites is 1. The summed E-state index contributed by atoms with van der Waals surface area (Å²) in [5.74, 6) is 0.516. The van der Waals surface area contributed by atoms with Crippen LogP contribution in [0.3, 0.4) is 0 Å². The lowest BCUT2D eigenvalue weighted by molar-refractivity contribution is -0.118. The van der Waals surface area contributed by atoms with Crippen molar-refractivity contribution in [1.29, 1.82) is 0 Å². The van der Waals surface area contributed by atoms with Crippen molar-refractivity contribution < 1.29 is 9.21 Å². The molecule has 0 radical (unpaired) electrons. The van der Waals surface area contributed by atoms with Gasteiger partial charge in [0, 0.05) is 11.7 Å². The van der Waals surface area contributed by atoms with Crippen LogP contribution in [0.4, 0.5) is 5.69 Å². The summed E-state index contributed by atoms with van der Waals surface area (Å²) in [6, 6.07) is 8.23. The van der Waals surface area contributed by atoms with Crippen molar-refractivity contribution in [2.45, 2.75) is 50.6 Å². The van der Waals surface area contributed by atoms with Gasteiger partial charge in [0.1, 0.15) is 4.88 Å². The highest BCUT2D eigenvalue weighted by molar-refractivity contribution is 8.00. The SMILES string of the molecule is Cc1nc(C)c(-c2nnc(S[C@@H](C)C(=O)N3c4ccccc4C[C@H]3C)o2)s1. The highest BCUT2D eigenvalue weighted by Gasteiger charge is 2.34. The number of carbonyl (C=O) groups is 1. The highest BCUT2D eigenvalue weighted by atomic mass is 32.2. The molecule has 0 unspecified atom stereocenters. The van der Waals surface area contributed by atoms with Gasteiger partial charge in [0.2, 0.25) is 5.91 Å². The number of amides is 1. The fraction of sp³-hybridized carbons (Fsp3) is 0.368. The van der Waals surface area contributed by atoms with E-state index >= 15 is 0 Å². The van der Waals surface area contributed by atoms with Gasteiger partial charge in [0.15, 0.2) is 0 Å². The van der Waals surface area contributed by atoms with E-state index in [1.165, 1.54) is 28.7 Å². The summed E-state index contributed by atoms with van der Waals surface area (Å²) >= 11 is 2.82. The number of hydrogen-bond acceptors (Lipinski definition) is 7. The van der Waals surface area contributed by atoms with Gasteiger partial charge < -0.3 is 9.32 Å². The van der Waals surface area contributed by atoms with Crippen LogP contribution in [0.25, 0.3) is 10.8 Å². The first kappa shape index (κ1) is 18.2. The second kappa shape index (κ2) is 7.09. The first-order chi connectivity index (χ1) is 12.9. The molecule has 1 aromatic carbocycles. The first-order valence-corrected chi connectivity index (χ1v) is 10.5. The van der Waals surface area contributed by atoms with Gasteiger partial charge in [0.05, 0.1) is 16.0 Å². The summed E-state index contributed by atoms with van der Waals surface area (Å²) in [4.78, 5) is 20.2. The second-order valence-electron chi connectivity index (χ2n) is 6.67. The Labute approximate surface area is 166 Å². The summed E-state index contributed by atoms with van der Waals surface area (Å²) in [6.07, 6.45) is 0.883. The normalized spacial score (nSPS) is 17.2. The predicted octanol–water partition coefficient (Wildman–Crippen LogP) is 4.27. The average Bonchev–Trinajstić information content (AvgIpc) is 3.30. The molecule has 0 spiro atoms. The number of rotatable bonds is 4. The summed E-state index contributed by atoms with van der Waals surface area (Å²) in [7, 11) is 0. The molecular weight excluding hydrogens is 380 g/mol. The predicted molar refractivity (Wildman–Crippen MR) is 107 cm³/mol. The maximum Gasteiger partial charge on any atom is 0.277 e. The number of benzene rings is 1. The van der Waals surface area contributed by atoms with Crippen LogP contribution in [0, 0.1) is 13.8 Å². The molecule has 8 heteroatoms. The summed E-state index contributed by atoms with van der Waals surface area (Å²) < 4.78 is 5.78. The van der Waals surface area contributed by atoms with Crippen molar-refractivity contribution in [1.82, 2.24) is 15.2 Å². The largest absolute Gasteiger partial charge is 0.410 e. The lowest BCUT2D eigenvalue weighted by atomic mass is 10.1. The molecule has 0 saturated carbocycles. The minimum absolute atomic E-state index is 0.0574. The van der Waals surface area contributed by atoms with Gasteiger partial charge in [0.25, 0.3) is 11.1 Å². The maximum atomic E-state index is 13.1. The van der Waals surface area contributed by atoms with Gasteiger partial charge in [-0.2, -0.15) is 0 Å². The number of nitrogens with zero attached hydrogens (tertiary/aromatic N) is 4. The summed E-state index contributed by atoms with van der Waals surface area (Å²) in [6.45, 7) is 7.83. The van der Waals surface area contributed by atoms with E-state index in [0.717, 1.165) is 27.7 Å². The van der Waals surface area contributed by atoms with E-state index in [-0.39, 0.29) is 17.2 Å². The number of thioether (sulfide) groups is 1. The molecule has 1 aliphatic rings. The molecule has 2 aromatic heterocycles. The molecule has 140 valence electrons. The average molecular weight is 401 g/mol. The summed E-state index contributed by atoms with van der Waals surface area (Å²) in [5, 5.41) is 9.27. The lowest BCUT2D eigenvalue weighted by Crippen LogP contribution is -2.40. The van der Waals surface area contributed by atoms with E-state index < -0.39 is 0 Å². The van der Waals surface area contributed by atoms with E-state index in [1.807, 2.05) is 43.9 Å². The van der Waals surface area contributed by atoms with Crippen molar-refractivity contribution in [2.24, 2.45) is 0 Å². The molecule has 2 atom stereocenters. The Morgan fingerprint density at radius 3 is 2.85 bits per heavy atom. The number of aryl methyl sites for hydroxylation is 2. The Bertz CT molecular complexity index is 997. The van der Waals surface area contributed by atoms with Crippen molar-refractivity contribution >= 4 is 34.7 Å². The standard InChI is InChI=1S/C19H20N4O2S2/c1-10-9-14-7-5-6-8-15(14)23(10)18(24)12(3)26-19-22-21-17(25-19)16-11(2)20-13(4)27-16/h5-8,10,12H,9H2,1-4H3/t10-,12+/m1/s1. The molecule has 0 aliphatic carbocycles. The van der Waals surface area contributed by atoms with Crippen LogP contribution in [-0.2, 0) is 11.2 Å². The Kier molecular flexibility index (Phi) is 4.77. The zero-order valence-corrected chi connectivity index (χ0v) is 17.2. The molecule has 4 rings (SSSR count). The van der Waals surface area contributed by atoms with E-state index in [1.54, 1.807) is 0 Å². The van der Waals surface area contributed by atoms with E-state index in [0.29, 0.717) is 11.1 Å². The maximum absolute atomic E-state index is 13.1. The van der Waals surface area contributed by atoms with Gasteiger partial charge in [-0.1, -0.05) is 30.0 Å². The molecule has 1 amide bonds. The highest BCUT2D eigenvalue weighted by Crippen LogP contribution is 2.36. The third-order valence-electron chi connectivity index (χ3n) is 4.57.